The zero-order valence-corrected chi connectivity index (χ0v) is 16.9. The van der Waals surface area contributed by atoms with E-state index < -0.39 is 6.10 Å². The summed E-state index contributed by atoms with van der Waals surface area (Å²) in [5.41, 5.74) is 10.7. The molecule has 154 valence electrons. The minimum atomic E-state index is -0.575. The van der Waals surface area contributed by atoms with E-state index in [4.69, 9.17) is 5.73 Å². The lowest BCUT2D eigenvalue weighted by atomic mass is 10.0. The number of aliphatic hydroxyl groups excluding tert-OH is 1. The van der Waals surface area contributed by atoms with Gasteiger partial charge in [0.15, 0.2) is 0 Å². The first kappa shape index (κ1) is 19.2. The summed E-state index contributed by atoms with van der Waals surface area (Å²) >= 11 is 0. The summed E-state index contributed by atoms with van der Waals surface area (Å²) in [7, 11) is 0. The Morgan fingerprint density at radius 2 is 2.00 bits per heavy atom. The average molecular weight is 410 g/mol. The zero-order chi connectivity index (χ0) is 21.4. The predicted molar refractivity (Wildman–Crippen MR) is 121 cm³/mol. The van der Waals surface area contributed by atoms with Gasteiger partial charge in [-0.1, -0.05) is 24.3 Å². The highest BCUT2D eigenvalue weighted by molar-refractivity contribution is 6.06. The van der Waals surface area contributed by atoms with Crippen LogP contribution in [0.4, 0.5) is 11.5 Å². The van der Waals surface area contributed by atoms with Crippen molar-refractivity contribution >= 4 is 28.3 Å². The minimum absolute atomic E-state index is 0.166. The van der Waals surface area contributed by atoms with Gasteiger partial charge in [-0.2, -0.15) is 0 Å². The molecule has 2 heterocycles. The van der Waals surface area contributed by atoms with Crippen molar-refractivity contribution in [2.75, 3.05) is 10.6 Å². The molecule has 6 nitrogen and oxygen atoms in total. The summed E-state index contributed by atoms with van der Waals surface area (Å²) in [4.78, 5) is 23.8. The largest absolute Gasteiger partial charge is 0.388 e. The number of rotatable bonds is 4. The van der Waals surface area contributed by atoms with E-state index in [2.05, 4.69) is 9.97 Å². The Morgan fingerprint density at radius 3 is 2.84 bits per heavy atom. The highest BCUT2D eigenvalue weighted by atomic mass is 16.3. The third kappa shape index (κ3) is 3.62. The molecule has 4 aromatic rings. The molecule has 0 spiro atoms. The first-order valence-corrected chi connectivity index (χ1v) is 10.3. The molecule has 1 unspecified atom stereocenters. The molecule has 1 aliphatic carbocycles. The van der Waals surface area contributed by atoms with Crippen LogP contribution in [-0.2, 0) is 13.0 Å². The third-order valence-electron chi connectivity index (χ3n) is 5.76. The molecule has 3 N–H and O–H groups in total. The number of hydrogen-bond acceptors (Lipinski definition) is 5. The Balaban J connectivity index is 1.60. The molecule has 0 saturated carbocycles. The summed E-state index contributed by atoms with van der Waals surface area (Å²) in [6, 6.07) is 19.0. The number of nitrogen functional groups attached to an aromatic ring is 1. The number of pyridine rings is 2. The third-order valence-corrected chi connectivity index (χ3v) is 5.76. The van der Waals surface area contributed by atoms with Crippen LogP contribution < -0.4 is 10.6 Å². The van der Waals surface area contributed by atoms with Gasteiger partial charge in [-0.15, -0.1) is 0 Å². The van der Waals surface area contributed by atoms with Crippen molar-refractivity contribution in [3.8, 4) is 0 Å². The number of aryl methyl sites for hydroxylation is 1. The maximum atomic E-state index is 13.5. The quantitative estimate of drug-likeness (QED) is 0.530. The van der Waals surface area contributed by atoms with Crippen molar-refractivity contribution in [2.24, 2.45) is 0 Å². The average Bonchev–Trinajstić information content (AvgIpc) is 3.18. The SMILES string of the molecule is Nc1ccc2ccc(CN(C(=O)c3cccnc3)c3cccc4c3C(O)CC4)cc2n1. The number of nitrogens with zero attached hydrogens (tertiary/aromatic N) is 3. The molecule has 2 aromatic carbocycles. The van der Waals surface area contributed by atoms with E-state index in [1.165, 1.54) is 0 Å². The lowest BCUT2D eigenvalue weighted by molar-refractivity contribution is 0.0984. The van der Waals surface area contributed by atoms with Gasteiger partial charge < -0.3 is 15.7 Å². The van der Waals surface area contributed by atoms with E-state index in [0.29, 0.717) is 24.3 Å². The second-order valence-electron chi connectivity index (χ2n) is 7.80. The number of carbonyl (C=O) groups excluding carboxylic acids is 1. The van der Waals surface area contributed by atoms with Crippen molar-refractivity contribution in [3.05, 3.63) is 95.3 Å². The van der Waals surface area contributed by atoms with Crippen molar-refractivity contribution < 1.29 is 9.90 Å². The number of carbonyl (C=O) groups is 1. The van der Waals surface area contributed by atoms with Crippen molar-refractivity contribution in [1.82, 2.24) is 9.97 Å². The zero-order valence-electron chi connectivity index (χ0n) is 16.9. The maximum absolute atomic E-state index is 13.5. The van der Waals surface area contributed by atoms with Gasteiger partial charge in [0.2, 0.25) is 0 Å². The van der Waals surface area contributed by atoms with Crippen LogP contribution in [0.15, 0.2) is 73.1 Å². The van der Waals surface area contributed by atoms with Crippen LogP contribution in [0.5, 0.6) is 0 Å². The summed E-state index contributed by atoms with van der Waals surface area (Å²) in [5.74, 6) is 0.290. The topological polar surface area (TPSA) is 92.3 Å². The molecule has 31 heavy (non-hydrogen) atoms. The molecule has 1 amide bonds. The second kappa shape index (κ2) is 7.81. The molecule has 1 atom stereocenters. The Kier molecular flexibility index (Phi) is 4.84. The van der Waals surface area contributed by atoms with Gasteiger partial charge in [-0.3, -0.25) is 9.78 Å². The van der Waals surface area contributed by atoms with E-state index in [1.807, 2.05) is 42.5 Å². The number of anilines is 2. The normalized spacial score (nSPS) is 15.1. The monoisotopic (exact) mass is 410 g/mol. The molecular formula is C25H22N4O2. The van der Waals surface area contributed by atoms with Crippen LogP contribution in [0.2, 0.25) is 0 Å². The minimum Gasteiger partial charge on any atom is -0.388 e. The van der Waals surface area contributed by atoms with E-state index in [-0.39, 0.29) is 5.91 Å². The molecule has 0 aliphatic heterocycles. The van der Waals surface area contributed by atoms with Gasteiger partial charge in [0.05, 0.1) is 29.4 Å². The van der Waals surface area contributed by atoms with E-state index in [1.54, 1.807) is 35.5 Å². The molecular weight excluding hydrogens is 388 g/mol. The van der Waals surface area contributed by atoms with Gasteiger partial charge in [0.25, 0.3) is 5.91 Å². The molecule has 0 radical (unpaired) electrons. The summed E-state index contributed by atoms with van der Waals surface area (Å²) in [5, 5.41) is 11.6. The van der Waals surface area contributed by atoms with Crippen LogP contribution in [0.25, 0.3) is 10.9 Å². The van der Waals surface area contributed by atoms with Crippen LogP contribution in [-0.4, -0.2) is 21.0 Å². The second-order valence-corrected chi connectivity index (χ2v) is 7.80. The van der Waals surface area contributed by atoms with Gasteiger partial charge >= 0.3 is 0 Å². The number of nitrogens with two attached hydrogens (primary N) is 1. The Labute approximate surface area is 180 Å². The number of aliphatic hydroxyl groups is 1. The molecule has 1 aliphatic rings. The fourth-order valence-electron chi connectivity index (χ4n) is 4.25. The van der Waals surface area contributed by atoms with E-state index in [9.17, 15) is 9.90 Å². The standard InChI is InChI=1S/C25H22N4O2/c26-23-11-9-17-7-6-16(13-20(17)28-23)15-29(25(31)19-4-2-12-27-14-19)21-5-1-3-18-8-10-22(30)24(18)21/h1-7,9,11-14,22,30H,8,10,15H2,(H2,26,28). The van der Waals surface area contributed by atoms with Crippen LogP contribution >= 0.6 is 0 Å². The predicted octanol–water partition coefficient (Wildman–Crippen LogP) is 4.04. The Hall–Kier alpha value is -3.77. The first-order valence-electron chi connectivity index (χ1n) is 10.3. The van der Waals surface area contributed by atoms with Gasteiger partial charge in [-0.05, 0) is 60.4 Å². The smallest absolute Gasteiger partial charge is 0.260 e. The molecule has 6 heteroatoms. The lowest BCUT2D eigenvalue weighted by Gasteiger charge is -2.26. The van der Waals surface area contributed by atoms with Crippen molar-refractivity contribution in [1.29, 1.82) is 0 Å². The van der Waals surface area contributed by atoms with Gasteiger partial charge in [0, 0.05) is 23.3 Å². The highest BCUT2D eigenvalue weighted by Gasteiger charge is 2.29. The fraction of sp³-hybridized carbons (Fsp3) is 0.160. The number of aromatic nitrogens is 2. The van der Waals surface area contributed by atoms with E-state index in [0.717, 1.165) is 39.7 Å². The van der Waals surface area contributed by atoms with Crippen LogP contribution in [0.3, 0.4) is 0 Å². The summed E-state index contributed by atoms with van der Waals surface area (Å²) < 4.78 is 0. The van der Waals surface area contributed by atoms with Crippen LogP contribution in [0.1, 0.15) is 39.6 Å². The fourth-order valence-corrected chi connectivity index (χ4v) is 4.25. The maximum Gasteiger partial charge on any atom is 0.260 e. The number of benzene rings is 2. The summed E-state index contributed by atoms with van der Waals surface area (Å²) in [6.45, 7) is 0.337. The lowest BCUT2D eigenvalue weighted by Crippen LogP contribution is -2.31. The number of fused-ring (bicyclic) bond motifs is 2. The van der Waals surface area contributed by atoms with Crippen LogP contribution in [0, 0.1) is 0 Å². The summed E-state index contributed by atoms with van der Waals surface area (Å²) in [6.07, 6.45) is 4.11. The Bertz CT molecular complexity index is 1270. The molecule has 5 rings (SSSR count). The van der Waals surface area contributed by atoms with Gasteiger partial charge in [0.1, 0.15) is 5.82 Å². The van der Waals surface area contributed by atoms with E-state index >= 15 is 0 Å². The van der Waals surface area contributed by atoms with Crippen molar-refractivity contribution in [2.45, 2.75) is 25.5 Å². The van der Waals surface area contributed by atoms with Crippen molar-refractivity contribution in [3.63, 3.8) is 0 Å². The molecule has 0 bridgehead atoms. The molecule has 0 saturated heterocycles. The molecule has 0 fully saturated rings. The highest BCUT2D eigenvalue weighted by Crippen LogP contribution is 2.39. The Morgan fingerprint density at radius 1 is 1.13 bits per heavy atom. The van der Waals surface area contributed by atoms with Gasteiger partial charge in [-0.25, -0.2) is 4.98 Å². The number of amides is 1. The first-order chi connectivity index (χ1) is 15.1. The molecule has 2 aromatic heterocycles. The number of hydrogen-bond donors (Lipinski definition) is 2.